The smallest absolute Gasteiger partial charge is 0.293 e. The molecule has 0 saturated carbocycles. The highest BCUT2D eigenvalue weighted by Crippen LogP contribution is 2.40. The maximum atomic E-state index is 10.5. The summed E-state index contributed by atoms with van der Waals surface area (Å²) in [6.45, 7) is 10.9. The van der Waals surface area contributed by atoms with Crippen molar-refractivity contribution in [1.82, 2.24) is 0 Å². The number of phenols is 3. The molecule has 0 radical (unpaired) electrons. The van der Waals surface area contributed by atoms with E-state index in [1.54, 1.807) is 6.07 Å². The lowest BCUT2D eigenvalue weighted by atomic mass is 9.89. The van der Waals surface area contributed by atoms with Crippen molar-refractivity contribution in [3.05, 3.63) is 17.2 Å². The second-order valence-corrected chi connectivity index (χ2v) is 9.89. The summed E-state index contributed by atoms with van der Waals surface area (Å²) in [5.41, 5.74) is 0.825. The molecule has 0 aliphatic heterocycles. The SMILES string of the molecule is CC(C)(C)CCCCCCc1c(O)cc(CCCCC(C)(C)OC=O)c(O)c1O. The molecule has 5 heteroatoms. The van der Waals surface area contributed by atoms with Crippen LogP contribution in [-0.4, -0.2) is 27.4 Å². The van der Waals surface area contributed by atoms with Crippen LogP contribution in [0.5, 0.6) is 17.2 Å². The van der Waals surface area contributed by atoms with Crippen LogP contribution in [0, 0.1) is 5.41 Å². The maximum absolute atomic E-state index is 10.5. The van der Waals surface area contributed by atoms with Crippen molar-refractivity contribution in [3.8, 4) is 17.2 Å². The Balaban J connectivity index is 2.52. The van der Waals surface area contributed by atoms with Crippen molar-refractivity contribution in [2.75, 3.05) is 0 Å². The zero-order chi connectivity index (χ0) is 22.1. The molecule has 1 rings (SSSR count). The van der Waals surface area contributed by atoms with Gasteiger partial charge in [-0.05, 0) is 70.3 Å². The van der Waals surface area contributed by atoms with Crippen molar-refractivity contribution in [1.29, 1.82) is 0 Å². The summed E-state index contributed by atoms with van der Waals surface area (Å²) in [5.74, 6) is -0.275. The molecule has 0 aliphatic rings. The molecule has 166 valence electrons. The molecule has 29 heavy (non-hydrogen) atoms. The largest absolute Gasteiger partial charge is 0.508 e. The molecule has 0 aromatic heterocycles. The highest BCUT2D eigenvalue weighted by atomic mass is 16.5. The fraction of sp³-hybridized carbons (Fsp3) is 0.708. The monoisotopic (exact) mass is 408 g/mol. The Hall–Kier alpha value is -1.91. The van der Waals surface area contributed by atoms with Crippen molar-refractivity contribution in [2.45, 2.75) is 104 Å². The van der Waals surface area contributed by atoms with Crippen LogP contribution in [-0.2, 0) is 22.4 Å². The second kappa shape index (κ2) is 11.3. The lowest BCUT2D eigenvalue weighted by Gasteiger charge is -2.22. The maximum Gasteiger partial charge on any atom is 0.293 e. The van der Waals surface area contributed by atoms with E-state index in [1.165, 1.54) is 12.8 Å². The number of hydrogen-bond acceptors (Lipinski definition) is 5. The van der Waals surface area contributed by atoms with Gasteiger partial charge in [-0.3, -0.25) is 4.79 Å². The molecule has 0 saturated heterocycles. The van der Waals surface area contributed by atoms with Gasteiger partial charge in [0.25, 0.3) is 6.47 Å². The van der Waals surface area contributed by atoms with Crippen molar-refractivity contribution in [2.24, 2.45) is 5.41 Å². The first kappa shape index (κ1) is 25.1. The summed E-state index contributed by atoms with van der Waals surface area (Å²) in [7, 11) is 0. The zero-order valence-electron chi connectivity index (χ0n) is 18.9. The van der Waals surface area contributed by atoms with Crippen LogP contribution in [0.15, 0.2) is 6.07 Å². The fourth-order valence-corrected chi connectivity index (χ4v) is 3.54. The summed E-state index contributed by atoms with van der Waals surface area (Å²) >= 11 is 0. The van der Waals surface area contributed by atoms with Crippen LogP contribution >= 0.6 is 0 Å². The van der Waals surface area contributed by atoms with Gasteiger partial charge in [-0.15, -0.1) is 0 Å². The van der Waals surface area contributed by atoms with E-state index in [4.69, 9.17) is 4.74 Å². The molecular formula is C24H40O5. The van der Waals surface area contributed by atoms with Crippen LogP contribution in [0.2, 0.25) is 0 Å². The van der Waals surface area contributed by atoms with E-state index < -0.39 is 5.60 Å². The Morgan fingerprint density at radius 1 is 0.828 bits per heavy atom. The first-order valence-electron chi connectivity index (χ1n) is 10.8. The van der Waals surface area contributed by atoms with Gasteiger partial charge in [0.15, 0.2) is 11.5 Å². The summed E-state index contributed by atoms with van der Waals surface area (Å²) in [5, 5.41) is 31.0. The molecule has 1 aromatic carbocycles. The Labute approximate surface area is 176 Å². The molecule has 5 nitrogen and oxygen atoms in total. The van der Waals surface area contributed by atoms with Crippen LogP contribution in [0.1, 0.15) is 97.1 Å². The van der Waals surface area contributed by atoms with Gasteiger partial charge in [-0.25, -0.2) is 0 Å². The van der Waals surface area contributed by atoms with E-state index in [2.05, 4.69) is 20.8 Å². The number of aryl methyl sites for hydroxylation is 1. The van der Waals surface area contributed by atoms with E-state index in [0.29, 0.717) is 42.3 Å². The van der Waals surface area contributed by atoms with E-state index >= 15 is 0 Å². The lowest BCUT2D eigenvalue weighted by molar-refractivity contribution is -0.140. The number of unbranched alkanes of at least 4 members (excludes halogenated alkanes) is 4. The zero-order valence-corrected chi connectivity index (χ0v) is 18.9. The fourth-order valence-electron chi connectivity index (χ4n) is 3.54. The highest BCUT2D eigenvalue weighted by Gasteiger charge is 2.19. The number of benzene rings is 1. The van der Waals surface area contributed by atoms with Crippen molar-refractivity contribution >= 4 is 6.47 Å². The third-order valence-corrected chi connectivity index (χ3v) is 5.38. The topological polar surface area (TPSA) is 87.0 Å². The number of aromatic hydroxyl groups is 3. The van der Waals surface area contributed by atoms with E-state index in [-0.39, 0.29) is 17.2 Å². The van der Waals surface area contributed by atoms with Crippen LogP contribution < -0.4 is 0 Å². The summed E-state index contributed by atoms with van der Waals surface area (Å²) < 4.78 is 5.03. The average molecular weight is 409 g/mol. The molecule has 0 amide bonds. The number of carbonyl (C=O) groups excluding carboxylic acids is 1. The van der Waals surface area contributed by atoms with Gasteiger partial charge in [-0.1, -0.05) is 40.0 Å². The summed E-state index contributed by atoms with van der Waals surface area (Å²) in [4.78, 5) is 10.5. The van der Waals surface area contributed by atoms with E-state index in [0.717, 1.165) is 32.1 Å². The molecule has 0 bridgehead atoms. The van der Waals surface area contributed by atoms with Gasteiger partial charge in [-0.2, -0.15) is 0 Å². The first-order valence-corrected chi connectivity index (χ1v) is 10.8. The van der Waals surface area contributed by atoms with Gasteiger partial charge in [0, 0.05) is 11.1 Å². The van der Waals surface area contributed by atoms with E-state index in [1.807, 2.05) is 13.8 Å². The minimum atomic E-state index is -0.509. The van der Waals surface area contributed by atoms with Crippen LogP contribution in [0.25, 0.3) is 0 Å². The predicted molar refractivity (Wildman–Crippen MR) is 116 cm³/mol. The lowest BCUT2D eigenvalue weighted by Crippen LogP contribution is -2.23. The van der Waals surface area contributed by atoms with Gasteiger partial charge >= 0.3 is 0 Å². The molecule has 0 aliphatic carbocycles. The Morgan fingerprint density at radius 2 is 1.41 bits per heavy atom. The van der Waals surface area contributed by atoms with Gasteiger partial charge in [0.05, 0.1) is 0 Å². The number of phenolic OH excluding ortho intramolecular Hbond substituents is 3. The minimum Gasteiger partial charge on any atom is -0.508 e. The molecule has 0 spiro atoms. The normalized spacial score (nSPS) is 12.2. The van der Waals surface area contributed by atoms with Gasteiger partial charge in [0.1, 0.15) is 11.4 Å². The molecule has 3 N–H and O–H groups in total. The molecule has 0 fully saturated rings. The average Bonchev–Trinajstić information content (AvgIpc) is 2.60. The predicted octanol–water partition coefficient (Wildman–Crippen LogP) is 6.01. The Bertz CT molecular complexity index is 644. The van der Waals surface area contributed by atoms with Crippen molar-refractivity contribution < 1.29 is 24.9 Å². The number of carbonyl (C=O) groups is 1. The minimum absolute atomic E-state index is 0.0506. The van der Waals surface area contributed by atoms with E-state index in [9.17, 15) is 20.1 Å². The number of rotatable bonds is 13. The third-order valence-electron chi connectivity index (χ3n) is 5.38. The van der Waals surface area contributed by atoms with Gasteiger partial charge in [0.2, 0.25) is 0 Å². The molecule has 0 unspecified atom stereocenters. The second-order valence-electron chi connectivity index (χ2n) is 9.89. The van der Waals surface area contributed by atoms with Gasteiger partial charge < -0.3 is 20.1 Å². The summed E-state index contributed by atoms with van der Waals surface area (Å²) in [6.07, 6.45) is 8.77. The standard InChI is InChI=1S/C24H40O5/c1-23(2,3)14-10-7-6-8-13-19-20(26)16-18(21(27)22(19)28)12-9-11-15-24(4,5)29-17-25/h16-17,26-28H,6-15H2,1-5H3. The van der Waals surface area contributed by atoms with Crippen LogP contribution in [0.4, 0.5) is 0 Å². The third kappa shape index (κ3) is 9.42. The molecular weight excluding hydrogens is 368 g/mol. The molecule has 0 heterocycles. The Morgan fingerprint density at radius 3 is 2.03 bits per heavy atom. The quantitative estimate of drug-likeness (QED) is 0.161. The number of ether oxygens (including phenoxy) is 1. The van der Waals surface area contributed by atoms with Crippen molar-refractivity contribution in [3.63, 3.8) is 0 Å². The first-order chi connectivity index (χ1) is 13.5. The number of hydrogen-bond donors (Lipinski definition) is 3. The Kier molecular flexibility index (Phi) is 9.81. The van der Waals surface area contributed by atoms with Crippen LogP contribution in [0.3, 0.4) is 0 Å². The molecule has 0 atom stereocenters. The molecule has 1 aromatic rings. The summed E-state index contributed by atoms with van der Waals surface area (Å²) in [6, 6.07) is 1.57. The highest BCUT2D eigenvalue weighted by molar-refractivity contribution is 5.56.